The lowest BCUT2D eigenvalue weighted by Crippen LogP contribution is -2.47. The van der Waals surface area contributed by atoms with Gasteiger partial charge in [0.2, 0.25) is 0 Å². The minimum absolute atomic E-state index is 0.430. The van der Waals surface area contributed by atoms with Gasteiger partial charge in [0.05, 0.1) is 13.2 Å². The monoisotopic (exact) mass is 197 g/mol. The Balaban J connectivity index is 1.71. The van der Waals surface area contributed by atoms with Gasteiger partial charge in [0.15, 0.2) is 0 Å². The highest BCUT2D eigenvalue weighted by Crippen LogP contribution is 2.60. The van der Waals surface area contributed by atoms with Crippen molar-refractivity contribution in [3.05, 3.63) is 0 Å². The Morgan fingerprint density at radius 3 is 2.21 bits per heavy atom. The first-order chi connectivity index (χ1) is 6.83. The molecule has 0 radical (unpaired) electrons. The maximum absolute atomic E-state index is 10.6. The van der Waals surface area contributed by atoms with Crippen LogP contribution in [-0.4, -0.2) is 42.0 Å². The fraction of sp³-hybridized carbons (Fsp3) is 1.00. The van der Waals surface area contributed by atoms with Crippen LogP contribution in [0.25, 0.3) is 0 Å². The van der Waals surface area contributed by atoms with Gasteiger partial charge in [0, 0.05) is 24.9 Å². The summed E-state index contributed by atoms with van der Waals surface area (Å²) in [6.07, 6.45) is 5.10. The van der Waals surface area contributed by atoms with E-state index in [9.17, 15) is 5.11 Å². The molecule has 3 heteroatoms. The average Bonchev–Trinajstić information content (AvgIpc) is 2.89. The van der Waals surface area contributed by atoms with Gasteiger partial charge in [-0.05, 0) is 12.8 Å². The summed E-state index contributed by atoms with van der Waals surface area (Å²) in [4.78, 5) is 2.26. The van der Waals surface area contributed by atoms with Crippen LogP contribution in [0.3, 0.4) is 0 Å². The minimum atomic E-state index is -0.430. The first-order valence-corrected chi connectivity index (χ1v) is 5.88. The molecule has 0 amide bonds. The molecule has 1 aliphatic heterocycles. The van der Waals surface area contributed by atoms with Crippen molar-refractivity contribution in [2.75, 3.05) is 26.3 Å². The Morgan fingerprint density at radius 2 is 1.64 bits per heavy atom. The Hall–Kier alpha value is -0.120. The van der Waals surface area contributed by atoms with Gasteiger partial charge in [-0.1, -0.05) is 12.8 Å². The highest BCUT2D eigenvalue weighted by molar-refractivity contribution is 5.12. The maximum Gasteiger partial charge on any atom is 0.125 e. The Morgan fingerprint density at radius 1 is 1.07 bits per heavy atom. The van der Waals surface area contributed by atoms with Crippen LogP contribution >= 0.6 is 0 Å². The molecule has 0 aromatic rings. The zero-order chi connectivity index (χ0) is 9.60. The van der Waals surface area contributed by atoms with Crippen molar-refractivity contribution in [2.24, 2.45) is 11.8 Å². The van der Waals surface area contributed by atoms with Crippen LogP contribution in [0.15, 0.2) is 0 Å². The first-order valence-electron chi connectivity index (χ1n) is 5.88. The number of morpholine rings is 1. The first kappa shape index (κ1) is 9.13. The van der Waals surface area contributed by atoms with Crippen LogP contribution in [0.1, 0.15) is 25.7 Å². The van der Waals surface area contributed by atoms with Crippen LogP contribution in [0.5, 0.6) is 0 Å². The van der Waals surface area contributed by atoms with E-state index in [0.29, 0.717) is 11.8 Å². The summed E-state index contributed by atoms with van der Waals surface area (Å²) < 4.78 is 5.32. The van der Waals surface area contributed by atoms with Crippen molar-refractivity contribution in [2.45, 2.75) is 31.4 Å². The second-order valence-electron chi connectivity index (χ2n) is 4.88. The molecule has 14 heavy (non-hydrogen) atoms. The molecule has 0 aromatic carbocycles. The molecule has 3 atom stereocenters. The van der Waals surface area contributed by atoms with E-state index in [1.165, 1.54) is 25.7 Å². The highest BCUT2D eigenvalue weighted by atomic mass is 16.5. The lowest BCUT2D eigenvalue weighted by molar-refractivity contribution is -0.0921. The molecule has 2 saturated carbocycles. The molecule has 3 aliphatic rings. The van der Waals surface area contributed by atoms with Crippen molar-refractivity contribution >= 4 is 0 Å². The predicted octanol–water partition coefficient (Wildman–Crippen LogP) is 0.827. The normalized spacial score (nSPS) is 48.6. The van der Waals surface area contributed by atoms with E-state index in [-0.39, 0.29) is 0 Å². The largest absolute Gasteiger partial charge is 0.379 e. The summed E-state index contributed by atoms with van der Waals surface area (Å²) in [5.41, 5.74) is -0.430. The zero-order valence-electron chi connectivity index (χ0n) is 8.61. The molecule has 1 N–H and O–H groups in total. The molecule has 0 aromatic heterocycles. The quantitative estimate of drug-likeness (QED) is 0.675. The van der Waals surface area contributed by atoms with Crippen LogP contribution < -0.4 is 0 Å². The van der Waals surface area contributed by atoms with Crippen LogP contribution in [-0.2, 0) is 4.74 Å². The van der Waals surface area contributed by atoms with E-state index in [1.807, 2.05) is 0 Å². The van der Waals surface area contributed by atoms with Gasteiger partial charge in [-0.25, -0.2) is 0 Å². The zero-order valence-corrected chi connectivity index (χ0v) is 8.61. The number of aliphatic hydroxyl groups is 1. The van der Waals surface area contributed by atoms with Crippen molar-refractivity contribution in [3.63, 3.8) is 0 Å². The van der Waals surface area contributed by atoms with E-state index >= 15 is 0 Å². The summed E-state index contributed by atoms with van der Waals surface area (Å²) in [7, 11) is 0. The predicted molar refractivity (Wildman–Crippen MR) is 52.8 cm³/mol. The number of nitrogens with zero attached hydrogens (tertiary/aromatic N) is 1. The summed E-state index contributed by atoms with van der Waals surface area (Å²) in [6, 6.07) is 0. The molecule has 0 spiro atoms. The van der Waals surface area contributed by atoms with Gasteiger partial charge >= 0.3 is 0 Å². The second-order valence-corrected chi connectivity index (χ2v) is 4.88. The fourth-order valence-electron chi connectivity index (χ4n) is 3.45. The fourth-order valence-corrected chi connectivity index (χ4v) is 3.45. The minimum Gasteiger partial charge on any atom is -0.379 e. The molecular weight excluding hydrogens is 178 g/mol. The van der Waals surface area contributed by atoms with Crippen molar-refractivity contribution < 1.29 is 9.84 Å². The maximum atomic E-state index is 10.6. The number of hydrogen-bond acceptors (Lipinski definition) is 3. The molecule has 0 bridgehead atoms. The van der Waals surface area contributed by atoms with E-state index in [4.69, 9.17) is 4.74 Å². The lowest BCUT2D eigenvalue weighted by Gasteiger charge is -2.32. The molecule has 3 rings (SSSR count). The third kappa shape index (κ3) is 1.16. The summed E-state index contributed by atoms with van der Waals surface area (Å²) >= 11 is 0. The third-order valence-electron chi connectivity index (χ3n) is 4.27. The summed E-state index contributed by atoms with van der Waals surface area (Å²) in [5, 5.41) is 10.6. The molecule has 3 fully saturated rings. The van der Waals surface area contributed by atoms with Crippen LogP contribution in [0.4, 0.5) is 0 Å². The van der Waals surface area contributed by atoms with Gasteiger partial charge in [-0.2, -0.15) is 0 Å². The van der Waals surface area contributed by atoms with E-state index < -0.39 is 5.72 Å². The van der Waals surface area contributed by atoms with Gasteiger partial charge in [0.1, 0.15) is 5.72 Å². The van der Waals surface area contributed by atoms with Gasteiger partial charge in [-0.15, -0.1) is 0 Å². The molecule has 3 nitrogen and oxygen atoms in total. The van der Waals surface area contributed by atoms with Crippen LogP contribution in [0, 0.1) is 11.8 Å². The number of rotatable bonds is 1. The summed E-state index contributed by atoms with van der Waals surface area (Å²) in [6.45, 7) is 3.43. The number of ether oxygens (including phenoxy) is 1. The molecule has 1 heterocycles. The Labute approximate surface area is 85.0 Å². The van der Waals surface area contributed by atoms with E-state index in [1.54, 1.807) is 0 Å². The highest BCUT2D eigenvalue weighted by Gasteiger charge is 2.66. The smallest absolute Gasteiger partial charge is 0.125 e. The van der Waals surface area contributed by atoms with Gasteiger partial charge < -0.3 is 9.84 Å². The molecular formula is C11H19NO2. The van der Waals surface area contributed by atoms with Crippen molar-refractivity contribution in [1.82, 2.24) is 4.90 Å². The number of fused-ring (bicyclic) bond motifs is 1. The second kappa shape index (κ2) is 3.19. The van der Waals surface area contributed by atoms with Crippen LogP contribution in [0.2, 0.25) is 0 Å². The standard InChI is InChI=1S/C11H19NO2/c13-11(12-5-7-14-8-6-12)9-3-1-2-4-10(9)11/h9-10,13H,1-8H2/t9-,10+,11?. The molecule has 1 saturated heterocycles. The number of hydrogen-bond donors (Lipinski definition) is 1. The van der Waals surface area contributed by atoms with Crippen molar-refractivity contribution in [1.29, 1.82) is 0 Å². The SMILES string of the molecule is OC1(N2CCOCC2)[C@@H]2CCCC[C@@H]21. The lowest BCUT2D eigenvalue weighted by atomic mass is 10.0. The Bertz CT molecular complexity index is 213. The van der Waals surface area contributed by atoms with E-state index in [0.717, 1.165) is 26.3 Å². The van der Waals surface area contributed by atoms with Gasteiger partial charge in [-0.3, -0.25) is 4.90 Å². The average molecular weight is 197 g/mol. The van der Waals surface area contributed by atoms with Gasteiger partial charge in [0.25, 0.3) is 0 Å². The molecule has 2 aliphatic carbocycles. The molecule has 80 valence electrons. The third-order valence-corrected chi connectivity index (χ3v) is 4.27. The topological polar surface area (TPSA) is 32.7 Å². The molecule has 1 unspecified atom stereocenters. The Kier molecular flexibility index (Phi) is 2.08. The van der Waals surface area contributed by atoms with E-state index in [2.05, 4.69) is 4.90 Å². The van der Waals surface area contributed by atoms with Crippen molar-refractivity contribution in [3.8, 4) is 0 Å². The summed E-state index contributed by atoms with van der Waals surface area (Å²) in [5.74, 6) is 1.16.